The first-order valence-electron chi connectivity index (χ1n) is 10.3. The van der Waals surface area contributed by atoms with Gasteiger partial charge in [0.25, 0.3) is 0 Å². The highest BCUT2D eigenvalue weighted by atomic mass is 16.6. The monoisotopic (exact) mass is 411 g/mol. The summed E-state index contributed by atoms with van der Waals surface area (Å²) in [4.78, 5) is 12.4. The molecule has 1 amide bonds. The summed E-state index contributed by atoms with van der Waals surface area (Å²) in [5.41, 5.74) is 1.97. The lowest BCUT2D eigenvalue weighted by atomic mass is 9.84. The molecule has 0 aromatic heterocycles. The Balaban J connectivity index is 2.00. The highest BCUT2D eigenvalue weighted by molar-refractivity contribution is 5.68. The molecule has 2 rings (SSSR count). The van der Waals surface area contributed by atoms with E-state index in [1.807, 2.05) is 81.4 Å². The molecule has 6 atom stereocenters. The molecule has 0 aliphatic rings. The summed E-state index contributed by atoms with van der Waals surface area (Å²) in [7, 11) is 1.63. The van der Waals surface area contributed by atoms with Crippen LogP contribution in [0.1, 0.15) is 44.0 Å². The Hall–Kier alpha value is -2.63. The number of alkyl carbamates (subject to hydrolysis) is 1. The molecular formula is C25H33NO4. The van der Waals surface area contributed by atoms with Gasteiger partial charge < -0.3 is 19.9 Å². The van der Waals surface area contributed by atoms with Crippen LogP contribution in [-0.2, 0) is 9.47 Å². The van der Waals surface area contributed by atoms with Gasteiger partial charge in [0.15, 0.2) is 0 Å². The lowest BCUT2D eigenvalue weighted by molar-refractivity contribution is -0.0510. The number of carbonyl (C=O) groups is 1. The van der Waals surface area contributed by atoms with Crippen LogP contribution in [0, 0.1) is 11.8 Å². The van der Waals surface area contributed by atoms with Gasteiger partial charge in [-0.25, -0.2) is 4.79 Å². The van der Waals surface area contributed by atoms with Crippen molar-refractivity contribution in [2.75, 3.05) is 7.11 Å². The van der Waals surface area contributed by atoms with Gasteiger partial charge in [0.2, 0.25) is 0 Å². The molecule has 0 saturated carbocycles. The number of amides is 1. The standard InChI is InChI=1S/C25H33NO4/c1-6-22(30-25(28)26-19(4)20-13-9-7-10-14-20)17(2)23(27)18(3)24(29-5)21-15-11-8-12-16-21/h6-19,22-24,27H,1H2,2-5H3,(H,26,28)/t17-,18+,19+,22-,23-,24-/m1/s1. The quantitative estimate of drug-likeness (QED) is 0.537. The van der Waals surface area contributed by atoms with Gasteiger partial charge >= 0.3 is 6.09 Å². The fourth-order valence-electron chi connectivity index (χ4n) is 3.68. The molecule has 0 unspecified atom stereocenters. The number of hydrogen-bond acceptors (Lipinski definition) is 4. The number of rotatable bonds is 10. The number of benzene rings is 2. The second-order valence-electron chi connectivity index (χ2n) is 7.66. The van der Waals surface area contributed by atoms with Crippen LogP contribution in [0.4, 0.5) is 4.79 Å². The fourth-order valence-corrected chi connectivity index (χ4v) is 3.68. The number of carbonyl (C=O) groups excluding carboxylic acids is 1. The van der Waals surface area contributed by atoms with Crippen molar-refractivity contribution >= 4 is 6.09 Å². The number of hydrogen-bond donors (Lipinski definition) is 2. The zero-order chi connectivity index (χ0) is 22.1. The molecule has 2 aromatic rings. The lowest BCUT2D eigenvalue weighted by Crippen LogP contribution is -2.40. The molecule has 0 bridgehead atoms. The largest absolute Gasteiger partial charge is 0.442 e. The summed E-state index contributed by atoms with van der Waals surface area (Å²) in [5.74, 6) is -0.582. The maximum absolute atomic E-state index is 12.4. The maximum Gasteiger partial charge on any atom is 0.408 e. The van der Waals surface area contributed by atoms with Crippen molar-refractivity contribution in [1.29, 1.82) is 0 Å². The molecule has 0 fully saturated rings. The maximum atomic E-state index is 12.4. The normalized spacial score (nSPS) is 17.1. The Morgan fingerprint density at radius 1 is 0.967 bits per heavy atom. The topological polar surface area (TPSA) is 67.8 Å². The van der Waals surface area contributed by atoms with Gasteiger partial charge in [-0.1, -0.05) is 87.2 Å². The van der Waals surface area contributed by atoms with E-state index in [9.17, 15) is 9.90 Å². The van der Waals surface area contributed by atoms with Crippen molar-refractivity contribution in [3.05, 3.63) is 84.4 Å². The van der Waals surface area contributed by atoms with E-state index in [1.165, 1.54) is 0 Å². The average Bonchev–Trinajstić information content (AvgIpc) is 2.78. The van der Waals surface area contributed by atoms with Crippen molar-refractivity contribution in [3.63, 3.8) is 0 Å². The molecule has 30 heavy (non-hydrogen) atoms. The predicted molar refractivity (Wildman–Crippen MR) is 119 cm³/mol. The SMILES string of the molecule is C=C[C@@H](OC(=O)N[C@@H](C)c1ccccc1)[C@@H](C)[C@@H](O)[C@H](C)[C@@H](OC)c1ccccc1. The Labute approximate surface area is 179 Å². The summed E-state index contributed by atoms with van der Waals surface area (Å²) >= 11 is 0. The molecule has 5 nitrogen and oxygen atoms in total. The molecule has 5 heteroatoms. The van der Waals surface area contributed by atoms with E-state index in [1.54, 1.807) is 13.2 Å². The molecule has 0 saturated heterocycles. The van der Waals surface area contributed by atoms with E-state index < -0.39 is 18.3 Å². The van der Waals surface area contributed by atoms with E-state index in [0.717, 1.165) is 11.1 Å². The van der Waals surface area contributed by atoms with Crippen molar-refractivity contribution in [3.8, 4) is 0 Å². The Morgan fingerprint density at radius 2 is 1.50 bits per heavy atom. The predicted octanol–water partition coefficient (Wildman–Crippen LogP) is 5.05. The highest BCUT2D eigenvalue weighted by Gasteiger charge is 2.34. The number of aliphatic hydroxyl groups excluding tert-OH is 1. The zero-order valence-corrected chi connectivity index (χ0v) is 18.2. The summed E-state index contributed by atoms with van der Waals surface area (Å²) < 4.78 is 11.2. The first-order valence-corrected chi connectivity index (χ1v) is 10.3. The second kappa shape index (κ2) is 11.5. The molecule has 0 spiro atoms. The van der Waals surface area contributed by atoms with Crippen LogP contribution in [0.15, 0.2) is 73.3 Å². The zero-order valence-electron chi connectivity index (χ0n) is 18.2. The number of methoxy groups -OCH3 is 1. The van der Waals surface area contributed by atoms with Crippen LogP contribution in [0.5, 0.6) is 0 Å². The van der Waals surface area contributed by atoms with E-state index >= 15 is 0 Å². The molecular weight excluding hydrogens is 378 g/mol. The van der Waals surface area contributed by atoms with Crippen molar-refractivity contribution in [2.24, 2.45) is 11.8 Å². The van der Waals surface area contributed by atoms with Crippen LogP contribution in [0.2, 0.25) is 0 Å². The number of nitrogens with one attached hydrogen (secondary N) is 1. The van der Waals surface area contributed by atoms with E-state index in [0.29, 0.717) is 0 Å². The average molecular weight is 412 g/mol. The highest BCUT2D eigenvalue weighted by Crippen LogP contribution is 2.32. The van der Waals surface area contributed by atoms with Crippen LogP contribution < -0.4 is 5.32 Å². The van der Waals surface area contributed by atoms with E-state index in [-0.39, 0.29) is 24.0 Å². The van der Waals surface area contributed by atoms with Crippen LogP contribution >= 0.6 is 0 Å². The summed E-state index contributed by atoms with van der Waals surface area (Å²) in [5, 5.41) is 13.8. The Kier molecular flexibility index (Phi) is 9.09. The van der Waals surface area contributed by atoms with Gasteiger partial charge in [-0.2, -0.15) is 0 Å². The molecule has 0 aliphatic carbocycles. The van der Waals surface area contributed by atoms with Crippen LogP contribution in [0.25, 0.3) is 0 Å². The molecule has 0 heterocycles. The van der Waals surface area contributed by atoms with Gasteiger partial charge in [0, 0.05) is 18.9 Å². The minimum atomic E-state index is -0.766. The molecule has 0 radical (unpaired) electrons. The van der Waals surface area contributed by atoms with Gasteiger partial charge in [-0.3, -0.25) is 0 Å². The van der Waals surface area contributed by atoms with Crippen molar-refractivity contribution in [1.82, 2.24) is 5.32 Å². The number of aliphatic hydroxyl groups is 1. The lowest BCUT2D eigenvalue weighted by Gasteiger charge is -2.33. The molecule has 2 N–H and O–H groups in total. The first kappa shape index (κ1) is 23.6. The summed E-state index contributed by atoms with van der Waals surface area (Å²) in [6, 6.07) is 19.2. The van der Waals surface area contributed by atoms with Gasteiger partial charge in [0.1, 0.15) is 6.10 Å². The molecule has 2 aromatic carbocycles. The summed E-state index contributed by atoms with van der Waals surface area (Å²) in [6.45, 7) is 9.46. The summed E-state index contributed by atoms with van der Waals surface area (Å²) in [6.07, 6.45) is -0.677. The Bertz CT molecular complexity index is 780. The van der Waals surface area contributed by atoms with Crippen molar-refractivity contribution in [2.45, 2.75) is 45.1 Å². The molecule has 0 aliphatic heterocycles. The minimum absolute atomic E-state index is 0.195. The third kappa shape index (κ3) is 6.18. The van der Waals surface area contributed by atoms with E-state index in [4.69, 9.17) is 9.47 Å². The third-order valence-corrected chi connectivity index (χ3v) is 5.56. The second-order valence-corrected chi connectivity index (χ2v) is 7.66. The molecule has 162 valence electrons. The number of ether oxygens (including phenoxy) is 2. The third-order valence-electron chi connectivity index (χ3n) is 5.56. The Morgan fingerprint density at radius 3 is 2.00 bits per heavy atom. The van der Waals surface area contributed by atoms with Gasteiger partial charge in [-0.15, -0.1) is 0 Å². The minimum Gasteiger partial charge on any atom is -0.442 e. The van der Waals surface area contributed by atoms with Gasteiger partial charge in [0.05, 0.1) is 18.2 Å². The van der Waals surface area contributed by atoms with E-state index in [2.05, 4.69) is 11.9 Å². The van der Waals surface area contributed by atoms with Crippen LogP contribution in [-0.4, -0.2) is 30.5 Å². The fraction of sp³-hybridized carbons (Fsp3) is 0.400. The first-order chi connectivity index (χ1) is 14.4. The van der Waals surface area contributed by atoms with Crippen LogP contribution in [0.3, 0.4) is 0 Å². The van der Waals surface area contributed by atoms with Gasteiger partial charge in [-0.05, 0) is 18.1 Å². The van der Waals surface area contributed by atoms with Crippen molar-refractivity contribution < 1.29 is 19.4 Å². The smallest absolute Gasteiger partial charge is 0.408 e.